The van der Waals surface area contributed by atoms with Crippen LogP contribution in [-0.2, 0) is 16.6 Å². The van der Waals surface area contributed by atoms with Crippen LogP contribution in [0.1, 0.15) is 16.1 Å². The molecular formula is C15H17N3O4S2. The molecule has 0 aliphatic carbocycles. The van der Waals surface area contributed by atoms with Crippen molar-refractivity contribution in [3.05, 3.63) is 47.9 Å². The first-order valence-electron chi connectivity index (χ1n) is 7.42. The highest BCUT2D eigenvalue weighted by atomic mass is 32.2. The number of aromatic nitrogens is 1. The zero-order valence-corrected chi connectivity index (χ0v) is 14.5. The third-order valence-corrected chi connectivity index (χ3v) is 5.96. The summed E-state index contributed by atoms with van der Waals surface area (Å²) in [5.74, 6) is 2.09. The molecule has 1 saturated heterocycles. The van der Waals surface area contributed by atoms with Crippen molar-refractivity contribution < 1.29 is 17.7 Å². The number of carbonyl (C=O) groups is 1. The smallest absolute Gasteiger partial charge is 0.253 e. The normalized spacial score (nSPS) is 15.4. The van der Waals surface area contributed by atoms with Gasteiger partial charge in [-0.2, -0.15) is 11.8 Å². The number of amides is 1. The van der Waals surface area contributed by atoms with Gasteiger partial charge in [0.2, 0.25) is 10.0 Å². The van der Waals surface area contributed by atoms with E-state index in [2.05, 4.69) is 9.88 Å². The molecule has 0 unspecified atom stereocenters. The van der Waals surface area contributed by atoms with Gasteiger partial charge in [-0.05, 0) is 18.2 Å². The number of benzene rings is 1. The van der Waals surface area contributed by atoms with Crippen molar-refractivity contribution in [2.75, 3.05) is 24.6 Å². The molecule has 2 aromatic rings. The minimum atomic E-state index is -3.74. The number of carbonyl (C=O) groups excluding carboxylic acids is 1. The second-order valence-corrected chi connectivity index (χ2v) is 8.23. The Balaban J connectivity index is 1.75. The number of hydrogen-bond donors (Lipinski definition) is 1. The Morgan fingerprint density at radius 3 is 2.79 bits per heavy atom. The number of rotatable bonds is 5. The van der Waals surface area contributed by atoms with Gasteiger partial charge in [0.25, 0.3) is 5.91 Å². The maximum Gasteiger partial charge on any atom is 0.253 e. The van der Waals surface area contributed by atoms with Crippen molar-refractivity contribution in [1.82, 2.24) is 14.8 Å². The highest BCUT2D eigenvalue weighted by Gasteiger charge is 2.21. The van der Waals surface area contributed by atoms with E-state index in [1.54, 1.807) is 23.1 Å². The summed E-state index contributed by atoms with van der Waals surface area (Å²) in [7, 11) is -3.74. The first-order chi connectivity index (χ1) is 11.6. The van der Waals surface area contributed by atoms with E-state index in [4.69, 9.17) is 4.52 Å². The van der Waals surface area contributed by atoms with E-state index in [-0.39, 0.29) is 17.3 Å². The van der Waals surface area contributed by atoms with Gasteiger partial charge in [0, 0.05) is 36.2 Å². The Morgan fingerprint density at radius 1 is 1.29 bits per heavy atom. The van der Waals surface area contributed by atoms with Gasteiger partial charge in [-0.15, -0.1) is 0 Å². The third-order valence-electron chi connectivity index (χ3n) is 3.62. The maximum absolute atomic E-state index is 12.5. The lowest BCUT2D eigenvalue weighted by Gasteiger charge is -2.26. The molecule has 0 bridgehead atoms. The van der Waals surface area contributed by atoms with E-state index >= 15 is 0 Å². The molecule has 7 nitrogen and oxygen atoms in total. The Morgan fingerprint density at radius 2 is 2.08 bits per heavy atom. The van der Waals surface area contributed by atoms with Crippen LogP contribution in [0.5, 0.6) is 0 Å². The van der Waals surface area contributed by atoms with Crippen LogP contribution in [0.2, 0.25) is 0 Å². The molecule has 1 aromatic carbocycles. The molecule has 1 aliphatic rings. The van der Waals surface area contributed by atoms with Gasteiger partial charge in [-0.25, -0.2) is 13.1 Å². The van der Waals surface area contributed by atoms with Gasteiger partial charge < -0.3 is 9.42 Å². The van der Waals surface area contributed by atoms with Crippen LogP contribution in [0.15, 0.2) is 45.9 Å². The van der Waals surface area contributed by atoms with Gasteiger partial charge in [0.1, 0.15) is 0 Å². The minimum Gasteiger partial charge on any atom is -0.360 e. The second-order valence-electron chi connectivity index (χ2n) is 5.24. The Bertz CT molecular complexity index is 800. The summed E-state index contributed by atoms with van der Waals surface area (Å²) in [6.45, 7) is 1.37. The zero-order valence-electron chi connectivity index (χ0n) is 12.8. The zero-order chi connectivity index (χ0) is 17.0. The van der Waals surface area contributed by atoms with E-state index < -0.39 is 10.0 Å². The Labute approximate surface area is 144 Å². The van der Waals surface area contributed by atoms with Gasteiger partial charge in [0.05, 0.1) is 17.6 Å². The van der Waals surface area contributed by atoms with Crippen LogP contribution in [0.25, 0.3) is 0 Å². The van der Waals surface area contributed by atoms with Gasteiger partial charge in [-0.3, -0.25) is 4.79 Å². The summed E-state index contributed by atoms with van der Waals surface area (Å²) < 4.78 is 32.1. The predicted molar refractivity (Wildman–Crippen MR) is 90.2 cm³/mol. The fourth-order valence-electron chi connectivity index (χ4n) is 2.33. The number of nitrogens with zero attached hydrogens (tertiary/aromatic N) is 2. The number of sulfonamides is 1. The average molecular weight is 367 g/mol. The number of nitrogens with one attached hydrogen (secondary N) is 1. The van der Waals surface area contributed by atoms with Crippen LogP contribution in [0, 0.1) is 0 Å². The molecule has 1 fully saturated rings. The molecule has 0 spiro atoms. The summed E-state index contributed by atoms with van der Waals surface area (Å²) in [6, 6.07) is 7.67. The summed E-state index contributed by atoms with van der Waals surface area (Å²) in [6.07, 6.45) is 1.44. The van der Waals surface area contributed by atoms with E-state index in [1.165, 1.54) is 18.3 Å². The molecule has 9 heteroatoms. The molecule has 2 heterocycles. The molecule has 1 amide bonds. The van der Waals surface area contributed by atoms with E-state index in [0.29, 0.717) is 24.4 Å². The lowest BCUT2D eigenvalue weighted by molar-refractivity contribution is 0.0772. The second kappa shape index (κ2) is 7.37. The van der Waals surface area contributed by atoms with Crippen molar-refractivity contribution in [3.63, 3.8) is 0 Å². The molecule has 1 aromatic heterocycles. The highest BCUT2D eigenvalue weighted by Crippen LogP contribution is 2.16. The minimum absolute atomic E-state index is 0.00382. The van der Waals surface area contributed by atoms with E-state index in [9.17, 15) is 13.2 Å². The van der Waals surface area contributed by atoms with Crippen LogP contribution >= 0.6 is 11.8 Å². The van der Waals surface area contributed by atoms with E-state index in [1.807, 2.05) is 11.8 Å². The summed E-state index contributed by atoms with van der Waals surface area (Å²) in [5.41, 5.74) is 0.379. The van der Waals surface area contributed by atoms with Crippen molar-refractivity contribution in [3.8, 4) is 0 Å². The van der Waals surface area contributed by atoms with Gasteiger partial charge in [0.15, 0.2) is 5.76 Å². The Hall–Kier alpha value is -1.84. The fourth-order valence-corrected chi connectivity index (χ4v) is 4.27. The monoisotopic (exact) mass is 367 g/mol. The Kier molecular flexibility index (Phi) is 5.22. The van der Waals surface area contributed by atoms with Crippen LogP contribution < -0.4 is 4.72 Å². The standard InChI is InChI=1S/C15H17N3O4S2/c19-15(18-6-8-23-9-7-18)12-2-1-3-14(10-12)24(20,21)17-11-13-4-5-16-22-13/h1-5,10,17H,6-9,11H2. The molecule has 3 rings (SSSR count). The third kappa shape index (κ3) is 3.97. The molecule has 24 heavy (non-hydrogen) atoms. The van der Waals surface area contributed by atoms with Crippen LogP contribution in [0.3, 0.4) is 0 Å². The molecule has 0 radical (unpaired) electrons. The lowest BCUT2D eigenvalue weighted by atomic mass is 10.2. The molecular weight excluding hydrogens is 350 g/mol. The molecule has 1 N–H and O–H groups in total. The van der Waals surface area contributed by atoms with Crippen molar-refractivity contribution in [1.29, 1.82) is 0 Å². The van der Waals surface area contributed by atoms with Crippen molar-refractivity contribution >= 4 is 27.7 Å². The number of thioether (sulfide) groups is 1. The maximum atomic E-state index is 12.5. The van der Waals surface area contributed by atoms with Crippen molar-refractivity contribution in [2.45, 2.75) is 11.4 Å². The summed E-state index contributed by atoms with van der Waals surface area (Å²) in [5, 5.41) is 3.52. The quantitative estimate of drug-likeness (QED) is 0.857. The average Bonchev–Trinajstić information content (AvgIpc) is 3.14. The summed E-state index contributed by atoms with van der Waals surface area (Å²) in [4.78, 5) is 14.3. The summed E-state index contributed by atoms with van der Waals surface area (Å²) >= 11 is 1.81. The molecule has 0 saturated carbocycles. The fraction of sp³-hybridized carbons (Fsp3) is 0.333. The largest absolute Gasteiger partial charge is 0.360 e. The lowest BCUT2D eigenvalue weighted by Crippen LogP contribution is -2.38. The van der Waals surface area contributed by atoms with Gasteiger partial charge >= 0.3 is 0 Å². The topological polar surface area (TPSA) is 92.5 Å². The van der Waals surface area contributed by atoms with E-state index in [0.717, 1.165) is 11.5 Å². The SMILES string of the molecule is O=C(c1cccc(S(=O)(=O)NCc2ccno2)c1)N1CCSCC1. The highest BCUT2D eigenvalue weighted by molar-refractivity contribution is 7.99. The number of hydrogen-bond acceptors (Lipinski definition) is 6. The van der Waals surface area contributed by atoms with Gasteiger partial charge in [-0.1, -0.05) is 11.2 Å². The first kappa shape index (κ1) is 17.0. The molecule has 128 valence electrons. The predicted octanol–water partition coefficient (Wildman–Crippen LogP) is 1.34. The van der Waals surface area contributed by atoms with Crippen LogP contribution in [-0.4, -0.2) is 49.0 Å². The molecule has 1 aliphatic heterocycles. The first-order valence-corrected chi connectivity index (χ1v) is 10.1. The van der Waals surface area contributed by atoms with Crippen LogP contribution in [0.4, 0.5) is 0 Å². The van der Waals surface area contributed by atoms with Crippen molar-refractivity contribution in [2.24, 2.45) is 0 Å². The molecule has 0 atom stereocenters.